The van der Waals surface area contributed by atoms with Crippen LogP contribution in [0.4, 0.5) is 0 Å². The fourth-order valence-corrected chi connectivity index (χ4v) is 5.46. The van der Waals surface area contributed by atoms with E-state index in [1.165, 1.54) is 0 Å². The van der Waals surface area contributed by atoms with Gasteiger partial charge in [0.1, 0.15) is 23.0 Å². The van der Waals surface area contributed by atoms with Gasteiger partial charge in [0.25, 0.3) is 0 Å². The number of benzene rings is 3. The van der Waals surface area contributed by atoms with Crippen molar-refractivity contribution in [3.8, 4) is 22.8 Å². The minimum absolute atomic E-state index is 0.240. The van der Waals surface area contributed by atoms with E-state index in [0.29, 0.717) is 38.9 Å². The number of hydrogen-bond donors (Lipinski definition) is 1. The van der Waals surface area contributed by atoms with E-state index in [0.717, 1.165) is 39.7 Å². The molecule has 0 amide bonds. The maximum Gasteiger partial charge on any atom is 0.335 e. The summed E-state index contributed by atoms with van der Waals surface area (Å²) in [6.07, 6.45) is 2.27. The van der Waals surface area contributed by atoms with Crippen molar-refractivity contribution < 1.29 is 19.2 Å². The molecule has 4 aromatic rings. The predicted molar refractivity (Wildman–Crippen MR) is 138 cm³/mol. The summed E-state index contributed by atoms with van der Waals surface area (Å²) in [4.78, 5) is 12.9. The summed E-state index contributed by atoms with van der Waals surface area (Å²) in [6.45, 7) is 0. The number of fused-ring (bicyclic) bond motifs is 2. The maximum absolute atomic E-state index is 10.9. The molecule has 2 heterocycles. The Labute approximate surface area is 220 Å². The van der Waals surface area contributed by atoms with E-state index in [-0.39, 0.29) is 5.56 Å². The van der Waals surface area contributed by atoms with Crippen molar-refractivity contribution in [1.29, 1.82) is 0 Å². The molecule has 3 aromatic carbocycles. The van der Waals surface area contributed by atoms with Crippen molar-refractivity contribution >= 4 is 52.5 Å². The van der Waals surface area contributed by atoms with E-state index in [1.807, 2.05) is 24.3 Å². The number of aromatic nitrogens is 1. The van der Waals surface area contributed by atoms with Crippen molar-refractivity contribution in [3.05, 3.63) is 87.6 Å². The van der Waals surface area contributed by atoms with E-state index in [2.05, 4.69) is 5.16 Å². The van der Waals surface area contributed by atoms with Crippen LogP contribution >= 0.6 is 46.6 Å². The minimum atomic E-state index is -0.944. The molecule has 1 N–H and O–H groups in total. The van der Waals surface area contributed by atoms with Gasteiger partial charge in [-0.15, -0.1) is 11.6 Å². The van der Waals surface area contributed by atoms with Gasteiger partial charge in [-0.1, -0.05) is 58.3 Å². The lowest BCUT2D eigenvalue weighted by Crippen LogP contribution is -2.00. The average molecular weight is 547 g/mol. The van der Waals surface area contributed by atoms with Crippen LogP contribution in [0.1, 0.15) is 40.4 Å². The van der Waals surface area contributed by atoms with Crippen LogP contribution in [0.3, 0.4) is 0 Å². The number of carboxylic acids is 1. The number of alkyl halides is 1. The Morgan fingerprint density at radius 1 is 1.00 bits per heavy atom. The van der Waals surface area contributed by atoms with Gasteiger partial charge in [0.05, 0.1) is 31.3 Å². The van der Waals surface area contributed by atoms with Crippen molar-refractivity contribution in [2.75, 3.05) is 0 Å². The molecular formula is C26H18Cl3NO4S. The quantitative estimate of drug-likeness (QED) is 0.227. The molecule has 5 nitrogen and oxygen atoms in total. The van der Waals surface area contributed by atoms with E-state index in [4.69, 9.17) is 49.2 Å². The maximum atomic E-state index is 10.9. The molecule has 6 rings (SSSR count). The van der Waals surface area contributed by atoms with Gasteiger partial charge in [-0.2, -0.15) is 0 Å². The summed E-state index contributed by atoms with van der Waals surface area (Å²) in [7, 11) is 0. The Bertz CT molecular complexity index is 1400. The van der Waals surface area contributed by atoms with Crippen molar-refractivity contribution in [2.24, 2.45) is 0 Å². The Morgan fingerprint density at radius 3 is 2.40 bits per heavy atom. The van der Waals surface area contributed by atoms with Crippen LogP contribution in [0.2, 0.25) is 10.0 Å². The highest BCUT2D eigenvalue weighted by molar-refractivity contribution is 7.99. The number of ether oxygens (including phenoxy) is 1. The molecule has 0 radical (unpaired) electrons. The zero-order valence-electron chi connectivity index (χ0n) is 18.1. The van der Waals surface area contributed by atoms with Crippen LogP contribution in [0.5, 0.6) is 11.5 Å². The van der Waals surface area contributed by atoms with Gasteiger partial charge in [-0.25, -0.2) is 4.79 Å². The molecule has 2 aliphatic rings. The number of hydrogen-bond acceptors (Lipinski definition) is 5. The molecule has 35 heavy (non-hydrogen) atoms. The van der Waals surface area contributed by atoms with Gasteiger partial charge >= 0.3 is 5.97 Å². The van der Waals surface area contributed by atoms with E-state index >= 15 is 0 Å². The molecule has 0 atom stereocenters. The van der Waals surface area contributed by atoms with Crippen LogP contribution in [0, 0.1) is 0 Å². The zero-order chi connectivity index (χ0) is 24.5. The lowest BCUT2D eigenvalue weighted by Gasteiger charge is -2.19. The number of nitrogens with zero attached hydrogens (tertiary/aromatic N) is 1. The lowest BCUT2D eigenvalue weighted by molar-refractivity contribution is 0.0696. The minimum Gasteiger partial charge on any atom is -0.478 e. The van der Waals surface area contributed by atoms with Crippen molar-refractivity contribution in [2.45, 2.75) is 34.4 Å². The Kier molecular flexibility index (Phi) is 6.98. The molecule has 178 valence electrons. The van der Waals surface area contributed by atoms with Gasteiger partial charge in [-0.05, 0) is 55.3 Å². The molecule has 1 aliphatic heterocycles. The van der Waals surface area contributed by atoms with Crippen LogP contribution in [-0.2, 0) is 5.88 Å². The fourth-order valence-electron chi connectivity index (χ4n) is 3.70. The second-order valence-corrected chi connectivity index (χ2v) is 10.2. The highest BCUT2D eigenvalue weighted by Crippen LogP contribution is 2.47. The van der Waals surface area contributed by atoms with Gasteiger partial charge < -0.3 is 14.4 Å². The number of halogens is 3. The van der Waals surface area contributed by atoms with Crippen LogP contribution in [-0.4, -0.2) is 16.2 Å². The normalized spacial score (nSPS) is 13.7. The summed E-state index contributed by atoms with van der Waals surface area (Å²) in [5.74, 6) is 2.13. The first kappa shape index (κ1) is 24.1. The number of para-hydroxylation sites is 1. The predicted octanol–water partition coefficient (Wildman–Crippen LogP) is 8.91. The standard InChI is InChI=1S/C13H10Cl3NO.C13H8O3S/c14-6-8-12(17-18-13(8)7-4-5-7)11-9(15)2-1-3-10(11)16;14-13(15)8-5-6-12-10(7-8)16-9-3-1-2-4-11(9)17-12/h1-3,7H,4-6H2;1-7H,(H,14,15). The first-order valence-corrected chi connectivity index (χ1v) is 12.9. The average Bonchev–Trinajstić information content (AvgIpc) is 3.62. The fraction of sp³-hybridized carbons (Fsp3) is 0.154. The molecule has 1 aromatic heterocycles. The van der Waals surface area contributed by atoms with Crippen LogP contribution in [0.25, 0.3) is 11.3 Å². The summed E-state index contributed by atoms with van der Waals surface area (Å²) in [5, 5.41) is 14.2. The molecule has 1 aliphatic carbocycles. The third-order valence-corrected chi connectivity index (χ3v) is 7.59. The molecule has 9 heteroatoms. The summed E-state index contributed by atoms with van der Waals surface area (Å²) in [6, 6.07) is 18.0. The molecule has 0 bridgehead atoms. The summed E-state index contributed by atoms with van der Waals surface area (Å²) < 4.78 is 11.1. The lowest BCUT2D eigenvalue weighted by atomic mass is 10.1. The largest absolute Gasteiger partial charge is 0.478 e. The van der Waals surface area contributed by atoms with Gasteiger partial charge in [0.2, 0.25) is 0 Å². The Balaban J connectivity index is 0.000000145. The van der Waals surface area contributed by atoms with E-state index in [1.54, 1.807) is 48.2 Å². The van der Waals surface area contributed by atoms with E-state index in [9.17, 15) is 4.79 Å². The molecule has 1 fully saturated rings. The molecule has 1 saturated carbocycles. The topological polar surface area (TPSA) is 72.6 Å². The zero-order valence-corrected chi connectivity index (χ0v) is 21.2. The second kappa shape index (κ2) is 10.2. The van der Waals surface area contributed by atoms with Crippen molar-refractivity contribution in [1.82, 2.24) is 5.16 Å². The number of carboxylic acid groups (broad SMARTS) is 1. The summed E-state index contributed by atoms with van der Waals surface area (Å²) in [5.41, 5.74) is 2.52. The first-order valence-electron chi connectivity index (χ1n) is 10.8. The van der Waals surface area contributed by atoms with Gasteiger partial charge in [-0.3, -0.25) is 0 Å². The van der Waals surface area contributed by atoms with Crippen LogP contribution < -0.4 is 4.74 Å². The Hall–Kier alpha value is -2.64. The summed E-state index contributed by atoms with van der Waals surface area (Å²) >= 11 is 20.0. The number of aromatic carboxylic acids is 1. The molecule has 0 spiro atoms. The Morgan fingerprint density at radius 2 is 1.71 bits per heavy atom. The monoisotopic (exact) mass is 545 g/mol. The third kappa shape index (κ3) is 5.02. The van der Waals surface area contributed by atoms with Crippen molar-refractivity contribution in [3.63, 3.8) is 0 Å². The highest BCUT2D eigenvalue weighted by atomic mass is 35.5. The SMILES string of the molecule is ClCc1c(-c2c(Cl)cccc2Cl)noc1C1CC1.O=C(O)c1ccc2c(c1)Oc1ccccc1S2. The molecule has 0 unspecified atom stereocenters. The third-order valence-electron chi connectivity index (χ3n) is 5.58. The highest BCUT2D eigenvalue weighted by Gasteiger charge is 2.33. The number of carbonyl (C=O) groups is 1. The second-order valence-electron chi connectivity index (χ2n) is 8.00. The molecular weight excluding hydrogens is 529 g/mol. The van der Waals surface area contributed by atoms with Gasteiger partial charge in [0, 0.05) is 17.0 Å². The smallest absolute Gasteiger partial charge is 0.335 e. The number of rotatable bonds is 4. The van der Waals surface area contributed by atoms with Crippen LogP contribution in [0.15, 0.2) is 75.0 Å². The van der Waals surface area contributed by atoms with Gasteiger partial charge in [0.15, 0.2) is 0 Å². The first-order chi connectivity index (χ1) is 17.0. The van der Waals surface area contributed by atoms with E-state index < -0.39 is 5.97 Å². The molecule has 0 saturated heterocycles.